The largest absolute Gasteiger partial charge is 0.452 e. The maximum absolute atomic E-state index is 11.9. The first-order valence-corrected chi connectivity index (χ1v) is 8.40. The van der Waals surface area contributed by atoms with Gasteiger partial charge < -0.3 is 10.1 Å². The van der Waals surface area contributed by atoms with Gasteiger partial charge in [-0.3, -0.25) is 4.79 Å². The van der Waals surface area contributed by atoms with Crippen molar-refractivity contribution >= 4 is 29.3 Å². The minimum atomic E-state index is -0.506. The van der Waals surface area contributed by atoms with Gasteiger partial charge in [0.2, 0.25) is 0 Å². The number of amides is 1. The van der Waals surface area contributed by atoms with Crippen LogP contribution in [0, 0.1) is 13.8 Å². The monoisotopic (exact) mass is 329 g/mol. The molecule has 2 rings (SSSR count). The molecule has 0 saturated carbocycles. The topological polar surface area (TPSA) is 55.4 Å². The second kappa shape index (κ2) is 7.83. The van der Waals surface area contributed by atoms with Crippen LogP contribution in [0.3, 0.4) is 0 Å². The standard InChI is InChI=1S/C18H19NO3S/c1-12-4-5-13(2)16(10-12)19-17(20)11-22-18(21)14-6-8-15(23-3)9-7-14/h4-10H,11H2,1-3H3,(H,19,20). The number of benzene rings is 2. The van der Waals surface area contributed by atoms with E-state index in [0.717, 1.165) is 21.7 Å². The van der Waals surface area contributed by atoms with Crippen LogP contribution in [0.25, 0.3) is 0 Å². The lowest BCUT2D eigenvalue weighted by atomic mass is 10.1. The first-order valence-electron chi connectivity index (χ1n) is 7.18. The van der Waals surface area contributed by atoms with Crippen LogP contribution in [0.1, 0.15) is 21.5 Å². The second-order valence-corrected chi connectivity index (χ2v) is 6.05. The SMILES string of the molecule is CSc1ccc(C(=O)OCC(=O)Nc2cc(C)ccc2C)cc1. The average Bonchev–Trinajstić information content (AvgIpc) is 2.56. The Labute approximate surface area is 140 Å². The minimum Gasteiger partial charge on any atom is -0.452 e. The highest BCUT2D eigenvalue weighted by molar-refractivity contribution is 7.98. The number of nitrogens with one attached hydrogen (secondary N) is 1. The summed E-state index contributed by atoms with van der Waals surface area (Å²) in [6.45, 7) is 3.55. The smallest absolute Gasteiger partial charge is 0.338 e. The van der Waals surface area contributed by atoms with Crippen LogP contribution in [0.2, 0.25) is 0 Å². The Balaban J connectivity index is 1.90. The van der Waals surface area contributed by atoms with Crippen molar-refractivity contribution < 1.29 is 14.3 Å². The lowest BCUT2D eigenvalue weighted by molar-refractivity contribution is -0.119. The van der Waals surface area contributed by atoms with Gasteiger partial charge in [0.25, 0.3) is 5.91 Å². The molecular formula is C18H19NO3S. The molecule has 5 heteroatoms. The molecule has 0 aromatic heterocycles. The van der Waals surface area contributed by atoms with Crippen LogP contribution >= 0.6 is 11.8 Å². The molecule has 0 bridgehead atoms. The van der Waals surface area contributed by atoms with Crippen LogP contribution in [-0.4, -0.2) is 24.7 Å². The summed E-state index contributed by atoms with van der Waals surface area (Å²) in [5, 5.41) is 2.76. The fraction of sp³-hybridized carbons (Fsp3) is 0.222. The molecule has 2 aromatic rings. The van der Waals surface area contributed by atoms with Crippen molar-refractivity contribution in [1.29, 1.82) is 0 Å². The van der Waals surface area contributed by atoms with Crippen LogP contribution in [-0.2, 0) is 9.53 Å². The summed E-state index contributed by atoms with van der Waals surface area (Å²) >= 11 is 1.59. The molecule has 0 radical (unpaired) electrons. The molecule has 0 aliphatic carbocycles. The summed E-state index contributed by atoms with van der Waals surface area (Å²) in [7, 11) is 0. The number of anilines is 1. The van der Waals surface area contributed by atoms with Crippen LogP contribution in [0.4, 0.5) is 5.69 Å². The van der Waals surface area contributed by atoms with Gasteiger partial charge in [-0.25, -0.2) is 4.79 Å². The highest BCUT2D eigenvalue weighted by atomic mass is 32.2. The van der Waals surface area contributed by atoms with Crippen molar-refractivity contribution in [2.75, 3.05) is 18.2 Å². The lowest BCUT2D eigenvalue weighted by Crippen LogP contribution is -2.21. The molecule has 0 fully saturated rings. The van der Waals surface area contributed by atoms with E-state index < -0.39 is 5.97 Å². The normalized spacial score (nSPS) is 10.2. The molecule has 0 spiro atoms. The molecule has 0 heterocycles. The molecule has 0 unspecified atom stereocenters. The number of aryl methyl sites for hydroxylation is 2. The van der Waals surface area contributed by atoms with E-state index in [4.69, 9.17) is 4.74 Å². The molecule has 1 N–H and O–H groups in total. The first kappa shape index (κ1) is 17.1. The number of hydrogen-bond acceptors (Lipinski definition) is 4. The Morgan fingerprint density at radius 1 is 1.09 bits per heavy atom. The number of carbonyl (C=O) groups is 2. The zero-order chi connectivity index (χ0) is 16.8. The molecule has 23 heavy (non-hydrogen) atoms. The van der Waals surface area contributed by atoms with E-state index in [1.54, 1.807) is 23.9 Å². The van der Waals surface area contributed by atoms with E-state index in [-0.39, 0.29) is 12.5 Å². The second-order valence-electron chi connectivity index (χ2n) is 5.17. The third kappa shape index (κ3) is 4.86. The van der Waals surface area contributed by atoms with E-state index >= 15 is 0 Å². The van der Waals surface area contributed by atoms with E-state index in [1.807, 2.05) is 50.4 Å². The molecule has 2 aromatic carbocycles. The summed E-state index contributed by atoms with van der Waals surface area (Å²) in [5.74, 6) is -0.860. The fourth-order valence-corrected chi connectivity index (χ4v) is 2.41. The summed E-state index contributed by atoms with van der Waals surface area (Å²) in [5.41, 5.74) is 3.18. The van der Waals surface area contributed by atoms with E-state index in [1.165, 1.54) is 0 Å². The van der Waals surface area contributed by atoms with Crippen molar-refractivity contribution in [2.45, 2.75) is 18.7 Å². The Morgan fingerprint density at radius 3 is 2.43 bits per heavy atom. The maximum Gasteiger partial charge on any atom is 0.338 e. The van der Waals surface area contributed by atoms with Gasteiger partial charge in [-0.05, 0) is 61.6 Å². The van der Waals surface area contributed by atoms with Gasteiger partial charge in [-0.15, -0.1) is 11.8 Å². The highest BCUT2D eigenvalue weighted by Crippen LogP contribution is 2.17. The van der Waals surface area contributed by atoms with Crippen molar-refractivity contribution in [1.82, 2.24) is 0 Å². The maximum atomic E-state index is 11.9. The van der Waals surface area contributed by atoms with Gasteiger partial charge in [0.1, 0.15) is 0 Å². The van der Waals surface area contributed by atoms with Crippen LogP contribution < -0.4 is 5.32 Å². The quantitative estimate of drug-likeness (QED) is 0.669. The number of ether oxygens (including phenoxy) is 1. The van der Waals surface area contributed by atoms with E-state index in [9.17, 15) is 9.59 Å². The number of thioether (sulfide) groups is 1. The van der Waals surface area contributed by atoms with Gasteiger partial charge in [-0.2, -0.15) is 0 Å². The number of carbonyl (C=O) groups excluding carboxylic acids is 2. The molecular weight excluding hydrogens is 310 g/mol. The van der Waals surface area contributed by atoms with Gasteiger partial charge in [0, 0.05) is 10.6 Å². The average molecular weight is 329 g/mol. The van der Waals surface area contributed by atoms with Gasteiger partial charge in [0.15, 0.2) is 6.61 Å². The molecule has 0 aliphatic heterocycles. The number of hydrogen-bond donors (Lipinski definition) is 1. The summed E-state index contributed by atoms with van der Waals surface area (Å²) < 4.78 is 5.05. The Morgan fingerprint density at radius 2 is 1.78 bits per heavy atom. The Bertz CT molecular complexity index is 711. The predicted octanol–water partition coefficient (Wildman–Crippen LogP) is 3.82. The zero-order valence-corrected chi connectivity index (χ0v) is 14.2. The predicted molar refractivity (Wildman–Crippen MR) is 93.1 cm³/mol. The highest BCUT2D eigenvalue weighted by Gasteiger charge is 2.11. The van der Waals surface area contributed by atoms with Gasteiger partial charge in [-0.1, -0.05) is 12.1 Å². The van der Waals surface area contributed by atoms with Crippen LogP contribution in [0.5, 0.6) is 0 Å². The van der Waals surface area contributed by atoms with Gasteiger partial charge in [0.05, 0.1) is 5.56 Å². The van der Waals surface area contributed by atoms with Crippen molar-refractivity contribution in [3.8, 4) is 0 Å². The van der Waals surface area contributed by atoms with Crippen molar-refractivity contribution in [3.63, 3.8) is 0 Å². The van der Waals surface area contributed by atoms with Crippen LogP contribution in [0.15, 0.2) is 47.4 Å². The zero-order valence-electron chi connectivity index (χ0n) is 13.4. The van der Waals surface area contributed by atoms with E-state index in [2.05, 4.69) is 5.32 Å². The third-order valence-corrected chi connectivity index (χ3v) is 4.07. The van der Waals surface area contributed by atoms with E-state index in [0.29, 0.717) is 5.56 Å². The first-order chi connectivity index (χ1) is 11.0. The summed E-state index contributed by atoms with van der Waals surface area (Å²) in [6.07, 6.45) is 1.96. The molecule has 1 amide bonds. The van der Waals surface area contributed by atoms with Crippen molar-refractivity contribution in [3.05, 3.63) is 59.2 Å². The molecule has 4 nitrogen and oxygen atoms in total. The molecule has 0 saturated heterocycles. The number of esters is 1. The lowest BCUT2D eigenvalue weighted by Gasteiger charge is -2.10. The summed E-state index contributed by atoms with van der Waals surface area (Å²) in [4.78, 5) is 24.9. The Hall–Kier alpha value is -2.27. The third-order valence-electron chi connectivity index (χ3n) is 3.33. The summed E-state index contributed by atoms with van der Waals surface area (Å²) in [6, 6.07) is 12.9. The molecule has 120 valence electrons. The molecule has 0 atom stereocenters. The molecule has 0 aliphatic rings. The van der Waals surface area contributed by atoms with Gasteiger partial charge >= 0.3 is 5.97 Å². The Kier molecular flexibility index (Phi) is 5.82. The fourth-order valence-electron chi connectivity index (χ4n) is 2.00. The van der Waals surface area contributed by atoms with Crippen molar-refractivity contribution in [2.24, 2.45) is 0 Å². The minimum absolute atomic E-state index is 0.309. The number of rotatable bonds is 5.